The molecular weight excluding hydrogens is 120 g/mol. The van der Waals surface area contributed by atoms with Gasteiger partial charge < -0.3 is 14.6 Å². The molecule has 9 heavy (non-hydrogen) atoms. The zero-order chi connectivity index (χ0) is 7.11. The van der Waals surface area contributed by atoms with Crippen LogP contribution in [-0.4, -0.2) is 25.4 Å². The summed E-state index contributed by atoms with van der Waals surface area (Å²) in [7, 11) is 1.52. The normalized spacial score (nSPS) is 13.7. The van der Waals surface area contributed by atoms with E-state index >= 15 is 0 Å². The van der Waals surface area contributed by atoms with E-state index in [-0.39, 0.29) is 12.5 Å². The third-order valence-corrected chi connectivity index (χ3v) is 0.857. The van der Waals surface area contributed by atoms with E-state index in [1.165, 1.54) is 13.9 Å². The van der Waals surface area contributed by atoms with Gasteiger partial charge in [-0.25, -0.2) is 0 Å². The Kier molecular flexibility index (Phi) is 5.93. The number of hydrogen-bond donors (Lipinski definition) is 1. The molecule has 0 aromatic heterocycles. The smallest absolute Gasteiger partial charge is 0.209 e. The second-order valence-corrected chi connectivity index (χ2v) is 1.95. The Balaban J connectivity index is 2.88. The van der Waals surface area contributed by atoms with E-state index in [9.17, 15) is 0 Å². The van der Waals surface area contributed by atoms with Crippen molar-refractivity contribution in [3.05, 3.63) is 6.79 Å². The highest BCUT2D eigenvalue weighted by Crippen LogP contribution is 1.94. The van der Waals surface area contributed by atoms with Crippen LogP contribution in [0.15, 0.2) is 0 Å². The molecular formula is C6H13O3. The second-order valence-electron chi connectivity index (χ2n) is 1.95. The lowest BCUT2D eigenvalue weighted by Crippen LogP contribution is -2.08. The number of aliphatic hydroxyl groups is 1. The Morgan fingerprint density at radius 3 is 2.78 bits per heavy atom. The molecule has 1 radical (unpaired) electrons. The molecule has 0 saturated heterocycles. The van der Waals surface area contributed by atoms with Crippen molar-refractivity contribution in [1.82, 2.24) is 0 Å². The summed E-state index contributed by atoms with van der Waals surface area (Å²) in [5.41, 5.74) is 0. The number of methoxy groups -OCH3 is 1. The van der Waals surface area contributed by atoms with Crippen molar-refractivity contribution in [2.45, 2.75) is 6.92 Å². The van der Waals surface area contributed by atoms with Crippen molar-refractivity contribution in [1.29, 1.82) is 0 Å². The van der Waals surface area contributed by atoms with Crippen molar-refractivity contribution in [3.63, 3.8) is 0 Å². The second kappa shape index (κ2) is 6.01. The largest absolute Gasteiger partial charge is 0.396 e. The molecule has 0 heterocycles. The van der Waals surface area contributed by atoms with Gasteiger partial charge in [0.15, 0.2) is 0 Å². The fraction of sp³-hybridized carbons (Fsp3) is 0.833. The lowest BCUT2D eigenvalue weighted by molar-refractivity contribution is 0.0222. The average Bonchev–Trinajstić information content (AvgIpc) is 1.89. The summed E-state index contributed by atoms with van der Waals surface area (Å²) in [5.74, 6) is 0.177. The van der Waals surface area contributed by atoms with Gasteiger partial charge in [0.25, 0.3) is 0 Å². The molecule has 0 spiro atoms. The summed E-state index contributed by atoms with van der Waals surface area (Å²) in [4.78, 5) is 0. The average molecular weight is 133 g/mol. The number of rotatable bonds is 5. The van der Waals surface area contributed by atoms with E-state index in [4.69, 9.17) is 9.84 Å². The predicted octanol–water partition coefficient (Wildman–Crippen LogP) is 0.397. The van der Waals surface area contributed by atoms with E-state index in [1.807, 2.05) is 6.92 Å². The Hall–Kier alpha value is -0.120. The van der Waals surface area contributed by atoms with Crippen molar-refractivity contribution < 1.29 is 14.6 Å². The van der Waals surface area contributed by atoms with Crippen LogP contribution in [0.2, 0.25) is 0 Å². The number of aliphatic hydroxyl groups excluding tert-OH is 1. The minimum atomic E-state index is 0.150. The summed E-state index contributed by atoms with van der Waals surface area (Å²) < 4.78 is 9.34. The predicted molar refractivity (Wildman–Crippen MR) is 33.5 cm³/mol. The van der Waals surface area contributed by atoms with Gasteiger partial charge in [0.2, 0.25) is 6.79 Å². The molecule has 55 valence electrons. The molecule has 0 aliphatic rings. The van der Waals surface area contributed by atoms with Gasteiger partial charge in [-0.3, -0.25) is 0 Å². The van der Waals surface area contributed by atoms with E-state index < -0.39 is 0 Å². The van der Waals surface area contributed by atoms with Crippen LogP contribution in [0.3, 0.4) is 0 Å². The van der Waals surface area contributed by atoms with Crippen molar-refractivity contribution in [2.24, 2.45) is 5.92 Å². The van der Waals surface area contributed by atoms with Crippen molar-refractivity contribution in [2.75, 3.05) is 20.3 Å². The molecule has 0 aliphatic heterocycles. The molecule has 0 aliphatic carbocycles. The molecule has 0 rings (SSSR count). The van der Waals surface area contributed by atoms with E-state index in [2.05, 4.69) is 4.74 Å². The van der Waals surface area contributed by atoms with Gasteiger partial charge in [0.05, 0.1) is 6.61 Å². The lowest BCUT2D eigenvalue weighted by atomic mass is 10.2. The molecule has 1 unspecified atom stereocenters. The first-order valence-electron chi connectivity index (χ1n) is 2.88. The van der Waals surface area contributed by atoms with E-state index in [1.54, 1.807) is 0 Å². The fourth-order valence-electron chi connectivity index (χ4n) is 0.324. The first-order chi connectivity index (χ1) is 4.31. The standard InChI is InChI=1S/C6H13O3/c1-6(3-7)4-9-5-8-2/h5-7H,3-4H2,1-2H3. The topological polar surface area (TPSA) is 38.7 Å². The van der Waals surface area contributed by atoms with Crippen LogP contribution in [0.1, 0.15) is 6.92 Å². The van der Waals surface area contributed by atoms with Crippen LogP contribution in [0.25, 0.3) is 0 Å². The summed E-state index contributed by atoms with van der Waals surface area (Å²) in [6.07, 6.45) is 0. The summed E-state index contributed by atoms with van der Waals surface area (Å²) in [6.45, 7) is 3.80. The van der Waals surface area contributed by atoms with Gasteiger partial charge in [0.1, 0.15) is 0 Å². The Labute approximate surface area is 55.6 Å². The Bertz CT molecular complexity index is 56.3. The molecule has 3 heteroatoms. The molecule has 3 nitrogen and oxygen atoms in total. The molecule has 0 saturated carbocycles. The quantitative estimate of drug-likeness (QED) is 0.551. The highest BCUT2D eigenvalue weighted by molar-refractivity contribution is 4.46. The fourth-order valence-corrected chi connectivity index (χ4v) is 0.324. The van der Waals surface area contributed by atoms with E-state index in [0.717, 1.165) is 0 Å². The van der Waals surface area contributed by atoms with Crippen molar-refractivity contribution >= 4 is 0 Å². The first kappa shape index (κ1) is 8.88. The van der Waals surface area contributed by atoms with Gasteiger partial charge in [-0.05, 0) is 0 Å². The molecule has 0 amide bonds. The maximum atomic E-state index is 8.50. The molecule has 0 fully saturated rings. The molecule has 1 N–H and O–H groups in total. The molecule has 0 bridgehead atoms. The van der Waals surface area contributed by atoms with Gasteiger partial charge in [-0.1, -0.05) is 6.92 Å². The van der Waals surface area contributed by atoms with Gasteiger partial charge in [0, 0.05) is 19.6 Å². The minimum Gasteiger partial charge on any atom is -0.396 e. The highest BCUT2D eigenvalue weighted by Gasteiger charge is 1.97. The van der Waals surface area contributed by atoms with Crippen LogP contribution >= 0.6 is 0 Å². The maximum absolute atomic E-state index is 8.50. The maximum Gasteiger partial charge on any atom is 0.209 e. The summed E-state index contributed by atoms with van der Waals surface area (Å²) in [5, 5.41) is 8.50. The Morgan fingerprint density at radius 1 is 1.67 bits per heavy atom. The van der Waals surface area contributed by atoms with Gasteiger partial charge in [-0.15, -0.1) is 0 Å². The third kappa shape index (κ3) is 5.76. The summed E-state index contributed by atoms with van der Waals surface area (Å²) in [6, 6.07) is 0. The SMILES string of the molecule is CO[CH]OCC(C)CO. The monoisotopic (exact) mass is 133 g/mol. The minimum absolute atomic E-state index is 0.150. The molecule has 0 aromatic carbocycles. The zero-order valence-electron chi connectivity index (χ0n) is 5.83. The van der Waals surface area contributed by atoms with Crippen LogP contribution in [0, 0.1) is 12.7 Å². The lowest BCUT2D eigenvalue weighted by Gasteiger charge is -2.05. The summed E-state index contributed by atoms with van der Waals surface area (Å²) >= 11 is 0. The van der Waals surface area contributed by atoms with Crippen LogP contribution in [-0.2, 0) is 9.47 Å². The highest BCUT2D eigenvalue weighted by atomic mass is 16.7. The molecule has 1 atom stereocenters. The third-order valence-electron chi connectivity index (χ3n) is 0.857. The van der Waals surface area contributed by atoms with Gasteiger partial charge in [-0.2, -0.15) is 0 Å². The van der Waals surface area contributed by atoms with Crippen LogP contribution in [0.4, 0.5) is 0 Å². The van der Waals surface area contributed by atoms with Crippen LogP contribution in [0.5, 0.6) is 0 Å². The first-order valence-corrected chi connectivity index (χ1v) is 2.88. The zero-order valence-corrected chi connectivity index (χ0v) is 5.83. The molecule has 0 aromatic rings. The van der Waals surface area contributed by atoms with Crippen molar-refractivity contribution in [3.8, 4) is 0 Å². The van der Waals surface area contributed by atoms with E-state index in [0.29, 0.717) is 6.61 Å². The van der Waals surface area contributed by atoms with Gasteiger partial charge >= 0.3 is 0 Å². The van der Waals surface area contributed by atoms with Crippen LogP contribution < -0.4 is 0 Å². The number of hydrogen-bond acceptors (Lipinski definition) is 3. The Morgan fingerprint density at radius 2 is 2.33 bits per heavy atom. The number of ether oxygens (including phenoxy) is 2.